The number of fused-ring (bicyclic) bond motifs is 1. The van der Waals surface area contributed by atoms with Crippen LogP contribution in [0.2, 0.25) is 5.02 Å². The number of carbonyl (C=O) groups is 2. The molecule has 4 rings (SSSR count). The number of carbonyl (C=O) groups excluding carboxylic acids is 2. The van der Waals surface area contributed by atoms with Crippen molar-refractivity contribution in [3.8, 4) is 11.3 Å². The second-order valence-corrected chi connectivity index (χ2v) is 6.82. The molecule has 4 aromatic rings. The molecule has 5 nitrogen and oxygen atoms in total. The van der Waals surface area contributed by atoms with Crippen molar-refractivity contribution in [2.45, 2.75) is 6.92 Å². The smallest absolute Gasteiger partial charge is 0.340 e. The molecule has 0 amide bonds. The van der Waals surface area contributed by atoms with Crippen LogP contribution in [0.15, 0.2) is 72.8 Å². The molecule has 0 atom stereocenters. The zero-order valence-electron chi connectivity index (χ0n) is 15.6. The summed E-state index contributed by atoms with van der Waals surface area (Å²) < 4.78 is 6.66. The molecule has 29 heavy (non-hydrogen) atoms. The van der Waals surface area contributed by atoms with Crippen molar-refractivity contribution < 1.29 is 14.3 Å². The second kappa shape index (κ2) is 7.89. The third-order valence-electron chi connectivity index (χ3n) is 4.52. The van der Waals surface area contributed by atoms with Gasteiger partial charge in [0.2, 0.25) is 5.78 Å². The van der Waals surface area contributed by atoms with Gasteiger partial charge in [0.05, 0.1) is 23.4 Å². The Hall–Kier alpha value is -3.44. The van der Waals surface area contributed by atoms with Crippen molar-refractivity contribution in [3.05, 3.63) is 94.6 Å². The highest BCUT2D eigenvalue weighted by Gasteiger charge is 2.22. The van der Waals surface area contributed by atoms with E-state index in [2.05, 4.69) is 5.10 Å². The Bertz CT molecular complexity index is 1200. The van der Waals surface area contributed by atoms with Gasteiger partial charge in [0.15, 0.2) is 0 Å². The largest absolute Gasteiger partial charge is 0.462 e. The summed E-state index contributed by atoms with van der Waals surface area (Å²) in [5.41, 5.74) is 3.14. The van der Waals surface area contributed by atoms with Crippen LogP contribution in [0.5, 0.6) is 0 Å². The number of hydrogen-bond donors (Lipinski definition) is 0. The molecule has 0 aliphatic carbocycles. The van der Waals surface area contributed by atoms with Crippen molar-refractivity contribution in [2.24, 2.45) is 0 Å². The molecule has 0 spiro atoms. The summed E-state index contributed by atoms with van der Waals surface area (Å²) >= 11 is 5.98. The third kappa shape index (κ3) is 3.65. The number of ketones is 1. The van der Waals surface area contributed by atoms with Crippen LogP contribution in [0.1, 0.15) is 33.3 Å². The number of benzene rings is 2. The molecule has 0 N–H and O–H groups in total. The summed E-state index contributed by atoms with van der Waals surface area (Å²) in [4.78, 5) is 25.6. The maximum absolute atomic E-state index is 13.1. The summed E-state index contributed by atoms with van der Waals surface area (Å²) in [5.74, 6) is -0.713. The Morgan fingerprint density at radius 3 is 2.41 bits per heavy atom. The van der Waals surface area contributed by atoms with Crippen molar-refractivity contribution in [1.82, 2.24) is 9.61 Å². The van der Waals surface area contributed by atoms with E-state index in [1.165, 1.54) is 4.52 Å². The number of ether oxygens (including phenoxy) is 1. The number of nitrogens with zero attached hydrogens (tertiary/aromatic N) is 2. The molecule has 6 heteroatoms. The van der Waals surface area contributed by atoms with Crippen LogP contribution < -0.4 is 0 Å². The molecule has 0 saturated heterocycles. The summed E-state index contributed by atoms with van der Waals surface area (Å²) in [6.07, 6.45) is 0. The van der Waals surface area contributed by atoms with Gasteiger partial charge in [-0.15, -0.1) is 0 Å². The van der Waals surface area contributed by atoms with Gasteiger partial charge in [-0.1, -0.05) is 54.1 Å². The molecule has 0 saturated carbocycles. The number of halogens is 1. The molecular weight excluding hydrogens is 388 g/mol. The number of hydrogen-bond acceptors (Lipinski definition) is 4. The molecular formula is C23H17ClN2O3. The first-order chi connectivity index (χ1) is 14.1. The Kier molecular flexibility index (Phi) is 5.14. The molecule has 0 bridgehead atoms. The molecule has 2 aromatic heterocycles. The molecule has 0 unspecified atom stereocenters. The van der Waals surface area contributed by atoms with Crippen LogP contribution in [0.3, 0.4) is 0 Å². The Labute approximate surface area is 172 Å². The van der Waals surface area contributed by atoms with Gasteiger partial charge in [-0.3, -0.25) is 4.79 Å². The van der Waals surface area contributed by atoms with Crippen molar-refractivity contribution in [1.29, 1.82) is 0 Å². The standard InChI is InChI=1S/C23H17ClN2O3/c1-2-29-23(28)18-14-21(22(27)16-6-4-3-5-7-16)26-20(18)13-12-19(25-26)15-8-10-17(24)11-9-15/h3-14H,2H2,1H3. The summed E-state index contributed by atoms with van der Waals surface area (Å²) in [5, 5.41) is 5.26. The van der Waals surface area contributed by atoms with E-state index in [1.807, 2.05) is 18.2 Å². The second-order valence-electron chi connectivity index (χ2n) is 6.38. The summed E-state index contributed by atoms with van der Waals surface area (Å²) in [6, 6.07) is 21.3. The predicted molar refractivity (Wildman–Crippen MR) is 111 cm³/mol. The molecule has 144 valence electrons. The number of esters is 1. The average molecular weight is 405 g/mol. The lowest BCUT2D eigenvalue weighted by Crippen LogP contribution is -2.07. The quantitative estimate of drug-likeness (QED) is 0.344. The first-order valence-corrected chi connectivity index (χ1v) is 9.52. The van der Waals surface area contributed by atoms with E-state index in [1.54, 1.807) is 61.5 Å². The predicted octanol–water partition coefficient (Wildman–Crippen LogP) is 5.06. The lowest BCUT2D eigenvalue weighted by molar-refractivity contribution is 0.0528. The van der Waals surface area contributed by atoms with Gasteiger partial charge in [0, 0.05) is 16.1 Å². The minimum Gasteiger partial charge on any atom is -0.462 e. The minimum absolute atomic E-state index is 0.225. The Morgan fingerprint density at radius 2 is 1.72 bits per heavy atom. The van der Waals surface area contributed by atoms with Crippen LogP contribution in [0, 0.1) is 0 Å². The molecule has 0 fully saturated rings. The normalized spacial score (nSPS) is 10.8. The van der Waals surface area contributed by atoms with E-state index < -0.39 is 5.97 Å². The zero-order chi connectivity index (χ0) is 20.4. The van der Waals surface area contributed by atoms with Crippen molar-refractivity contribution in [2.75, 3.05) is 6.61 Å². The lowest BCUT2D eigenvalue weighted by atomic mass is 10.1. The van der Waals surface area contributed by atoms with Gasteiger partial charge in [-0.2, -0.15) is 5.10 Å². The summed E-state index contributed by atoms with van der Waals surface area (Å²) in [7, 11) is 0. The monoisotopic (exact) mass is 404 g/mol. The zero-order valence-corrected chi connectivity index (χ0v) is 16.4. The van der Waals surface area contributed by atoms with Gasteiger partial charge >= 0.3 is 5.97 Å². The molecule has 0 aliphatic heterocycles. The van der Waals surface area contributed by atoms with E-state index in [-0.39, 0.29) is 12.4 Å². The van der Waals surface area contributed by atoms with Crippen LogP contribution in [-0.2, 0) is 4.74 Å². The van der Waals surface area contributed by atoms with Crippen LogP contribution >= 0.6 is 11.6 Å². The third-order valence-corrected chi connectivity index (χ3v) is 4.78. The van der Waals surface area contributed by atoms with E-state index in [0.717, 1.165) is 5.56 Å². The first kappa shape index (κ1) is 18.9. The van der Waals surface area contributed by atoms with E-state index in [9.17, 15) is 9.59 Å². The molecule has 2 heterocycles. The first-order valence-electron chi connectivity index (χ1n) is 9.14. The number of rotatable bonds is 5. The van der Waals surface area contributed by atoms with Gasteiger partial charge in [0.1, 0.15) is 5.69 Å². The van der Waals surface area contributed by atoms with Crippen LogP contribution in [0.4, 0.5) is 0 Å². The minimum atomic E-state index is -0.488. The number of aromatic nitrogens is 2. The van der Waals surface area contributed by atoms with Crippen molar-refractivity contribution >= 4 is 28.9 Å². The van der Waals surface area contributed by atoms with E-state index in [4.69, 9.17) is 16.3 Å². The van der Waals surface area contributed by atoms with E-state index >= 15 is 0 Å². The fourth-order valence-corrected chi connectivity index (χ4v) is 3.25. The highest BCUT2D eigenvalue weighted by molar-refractivity contribution is 6.30. The van der Waals surface area contributed by atoms with Crippen molar-refractivity contribution in [3.63, 3.8) is 0 Å². The Morgan fingerprint density at radius 1 is 1.00 bits per heavy atom. The lowest BCUT2D eigenvalue weighted by Gasteiger charge is -2.06. The van der Waals surface area contributed by atoms with Gasteiger partial charge in [-0.05, 0) is 37.3 Å². The fourth-order valence-electron chi connectivity index (χ4n) is 3.13. The highest BCUT2D eigenvalue weighted by Crippen LogP contribution is 2.25. The van der Waals surface area contributed by atoms with E-state index in [0.29, 0.717) is 33.1 Å². The van der Waals surface area contributed by atoms with Gasteiger partial charge in [-0.25, -0.2) is 9.31 Å². The maximum atomic E-state index is 13.1. The van der Waals surface area contributed by atoms with Crippen LogP contribution in [0.25, 0.3) is 16.8 Å². The van der Waals surface area contributed by atoms with Gasteiger partial charge in [0.25, 0.3) is 0 Å². The molecule has 0 radical (unpaired) electrons. The molecule has 2 aromatic carbocycles. The topological polar surface area (TPSA) is 60.7 Å². The fraction of sp³-hybridized carbons (Fsp3) is 0.0870. The maximum Gasteiger partial charge on any atom is 0.340 e. The SMILES string of the molecule is CCOC(=O)c1cc(C(=O)c2ccccc2)n2nc(-c3ccc(Cl)cc3)ccc12. The average Bonchev–Trinajstić information content (AvgIpc) is 3.13. The molecule has 0 aliphatic rings. The highest BCUT2D eigenvalue weighted by atomic mass is 35.5. The Balaban J connectivity index is 1.90. The summed E-state index contributed by atoms with van der Waals surface area (Å²) in [6.45, 7) is 1.98. The van der Waals surface area contributed by atoms with Crippen LogP contribution in [-0.4, -0.2) is 28.0 Å². The van der Waals surface area contributed by atoms with Gasteiger partial charge < -0.3 is 4.74 Å².